The van der Waals surface area contributed by atoms with Crippen LogP contribution in [-0.2, 0) is 4.79 Å². The Kier molecular flexibility index (Phi) is 3.24. The van der Waals surface area contributed by atoms with Crippen LogP contribution in [0.15, 0.2) is 0 Å². The van der Waals surface area contributed by atoms with E-state index >= 15 is 0 Å². The van der Waals surface area contributed by atoms with Gasteiger partial charge in [0.15, 0.2) is 0 Å². The van der Waals surface area contributed by atoms with Gasteiger partial charge in [-0.1, -0.05) is 0 Å². The van der Waals surface area contributed by atoms with Crippen LogP contribution in [0.5, 0.6) is 0 Å². The Bertz CT molecular complexity index is 170. The van der Waals surface area contributed by atoms with Gasteiger partial charge in [0.05, 0.1) is 27.6 Å². The highest BCUT2D eigenvalue weighted by Crippen LogP contribution is 2.12. The molecule has 4 heteroatoms. The summed E-state index contributed by atoms with van der Waals surface area (Å²) in [5.74, 6) is -0.964. The lowest BCUT2D eigenvalue weighted by atomic mass is 10.0. The molecule has 0 saturated carbocycles. The number of carbonyl (C=O) groups is 1. The first-order valence-electron chi connectivity index (χ1n) is 3.87. The molecule has 0 unspecified atom stereocenters. The molecule has 0 aromatic carbocycles. The molecule has 0 aromatic rings. The zero-order valence-corrected chi connectivity index (χ0v) is 8.16. The molecule has 0 spiro atoms. The summed E-state index contributed by atoms with van der Waals surface area (Å²) in [5.41, 5.74) is -1.12. The molecule has 4 nitrogen and oxygen atoms in total. The highest BCUT2D eigenvalue weighted by molar-refractivity contribution is 5.68. The summed E-state index contributed by atoms with van der Waals surface area (Å²) in [6, 6.07) is 0. The van der Waals surface area contributed by atoms with Crippen LogP contribution < -0.4 is 0 Å². The molecule has 0 aliphatic rings. The molecule has 0 bridgehead atoms. The molecule has 0 amide bonds. The van der Waals surface area contributed by atoms with Crippen molar-refractivity contribution in [2.75, 3.05) is 27.7 Å². The molecule has 0 rings (SSSR count). The maximum absolute atomic E-state index is 10.3. The first kappa shape index (κ1) is 11.4. The van der Waals surface area contributed by atoms with E-state index in [1.165, 1.54) is 0 Å². The maximum atomic E-state index is 10.3. The number of nitrogens with zero attached hydrogens (tertiary/aromatic N) is 1. The number of quaternary nitrogens is 1. The van der Waals surface area contributed by atoms with E-state index in [4.69, 9.17) is 5.11 Å². The lowest BCUT2D eigenvalue weighted by Gasteiger charge is -2.32. The highest BCUT2D eigenvalue weighted by Gasteiger charge is 2.30. The van der Waals surface area contributed by atoms with Crippen molar-refractivity contribution in [2.24, 2.45) is 0 Å². The van der Waals surface area contributed by atoms with Crippen molar-refractivity contribution in [1.29, 1.82) is 0 Å². The maximum Gasteiger partial charge on any atom is 0.306 e. The predicted molar refractivity (Wildman–Crippen MR) is 45.8 cm³/mol. The fourth-order valence-electron chi connectivity index (χ4n) is 1.40. The van der Waals surface area contributed by atoms with Crippen LogP contribution >= 0.6 is 0 Å². The van der Waals surface area contributed by atoms with Gasteiger partial charge >= 0.3 is 5.97 Å². The van der Waals surface area contributed by atoms with Crippen LogP contribution in [-0.4, -0.2) is 54.0 Å². The third-order valence-corrected chi connectivity index (χ3v) is 1.35. The average Bonchev–Trinajstić information content (AvgIpc) is 1.48. The van der Waals surface area contributed by atoms with E-state index in [-0.39, 0.29) is 6.42 Å². The SMILES string of the molecule is C[C@@](O)(CC(=O)O)C[N+](C)(C)C. The molecule has 0 saturated heterocycles. The summed E-state index contributed by atoms with van der Waals surface area (Å²) in [7, 11) is 5.74. The number of likely N-dealkylation sites (N-methyl/N-ethyl adjacent to an activating group) is 1. The van der Waals surface area contributed by atoms with Gasteiger partial charge in [-0.05, 0) is 6.92 Å². The molecule has 0 aromatic heterocycles. The molecule has 0 radical (unpaired) electrons. The van der Waals surface area contributed by atoms with Gasteiger partial charge in [-0.25, -0.2) is 0 Å². The van der Waals surface area contributed by atoms with Crippen molar-refractivity contribution < 1.29 is 19.5 Å². The zero-order valence-electron chi connectivity index (χ0n) is 8.16. The Morgan fingerprint density at radius 3 is 2.08 bits per heavy atom. The minimum absolute atomic E-state index is 0.206. The lowest BCUT2D eigenvalue weighted by Crippen LogP contribution is -2.48. The normalized spacial score (nSPS) is 17.1. The Hall–Kier alpha value is -0.610. The number of carboxylic acids is 1. The summed E-state index contributed by atoms with van der Waals surface area (Å²) in [4.78, 5) is 10.3. The van der Waals surface area contributed by atoms with E-state index in [2.05, 4.69) is 0 Å². The van der Waals surface area contributed by atoms with Crippen LogP contribution in [0.4, 0.5) is 0 Å². The summed E-state index contributed by atoms with van der Waals surface area (Å²) in [6.45, 7) is 1.98. The molecule has 2 N–H and O–H groups in total. The van der Waals surface area contributed by atoms with Crippen LogP contribution in [0.2, 0.25) is 0 Å². The molecule has 0 fully saturated rings. The van der Waals surface area contributed by atoms with Gasteiger partial charge in [0, 0.05) is 0 Å². The van der Waals surface area contributed by atoms with Crippen molar-refractivity contribution in [3.05, 3.63) is 0 Å². The zero-order chi connectivity index (χ0) is 9.99. The number of carboxylic acid groups (broad SMARTS) is 1. The second kappa shape index (κ2) is 3.41. The molecule has 72 valence electrons. The third kappa shape index (κ3) is 6.12. The number of hydrogen-bond donors (Lipinski definition) is 2. The topological polar surface area (TPSA) is 57.5 Å². The fraction of sp³-hybridized carbons (Fsp3) is 0.875. The summed E-state index contributed by atoms with van der Waals surface area (Å²) in [5, 5.41) is 18.1. The second-order valence-electron chi connectivity index (χ2n) is 4.52. The van der Waals surface area contributed by atoms with Crippen molar-refractivity contribution in [2.45, 2.75) is 18.9 Å². The molecule has 0 heterocycles. The Balaban J connectivity index is 4.13. The van der Waals surface area contributed by atoms with Crippen LogP contribution in [0, 0.1) is 0 Å². The quantitative estimate of drug-likeness (QED) is 0.589. The van der Waals surface area contributed by atoms with Gasteiger partial charge in [0.1, 0.15) is 12.1 Å². The number of aliphatic hydroxyl groups is 1. The molecular weight excluding hydrogens is 158 g/mol. The van der Waals surface area contributed by atoms with Crippen molar-refractivity contribution in [3.8, 4) is 0 Å². The third-order valence-electron chi connectivity index (χ3n) is 1.35. The molecular formula is C8H18NO3+. The minimum Gasteiger partial charge on any atom is -0.481 e. The Labute approximate surface area is 73.0 Å². The highest BCUT2D eigenvalue weighted by atomic mass is 16.4. The minimum atomic E-state index is -1.12. The molecule has 0 aliphatic carbocycles. The van der Waals surface area contributed by atoms with E-state index in [1.54, 1.807) is 6.92 Å². The van der Waals surface area contributed by atoms with E-state index in [0.717, 1.165) is 0 Å². The number of rotatable bonds is 4. The number of hydrogen-bond acceptors (Lipinski definition) is 2. The van der Waals surface area contributed by atoms with Crippen molar-refractivity contribution >= 4 is 5.97 Å². The van der Waals surface area contributed by atoms with Gasteiger partial charge in [-0.15, -0.1) is 0 Å². The monoisotopic (exact) mass is 176 g/mol. The smallest absolute Gasteiger partial charge is 0.306 e. The molecule has 12 heavy (non-hydrogen) atoms. The van der Waals surface area contributed by atoms with E-state index in [9.17, 15) is 9.90 Å². The van der Waals surface area contributed by atoms with Gasteiger partial charge < -0.3 is 14.7 Å². The Morgan fingerprint density at radius 1 is 1.42 bits per heavy atom. The van der Waals surface area contributed by atoms with E-state index in [1.807, 2.05) is 21.1 Å². The first-order valence-corrected chi connectivity index (χ1v) is 3.87. The van der Waals surface area contributed by atoms with Crippen LogP contribution in [0.3, 0.4) is 0 Å². The van der Waals surface area contributed by atoms with Crippen molar-refractivity contribution in [3.63, 3.8) is 0 Å². The van der Waals surface area contributed by atoms with Gasteiger partial charge in [0.2, 0.25) is 0 Å². The Morgan fingerprint density at radius 2 is 1.83 bits per heavy atom. The average molecular weight is 176 g/mol. The fourth-order valence-corrected chi connectivity index (χ4v) is 1.40. The summed E-state index contributed by atoms with van der Waals surface area (Å²) >= 11 is 0. The predicted octanol–water partition coefficient (Wildman–Crippen LogP) is -0.0817. The van der Waals surface area contributed by atoms with Gasteiger partial charge in [-0.3, -0.25) is 4.79 Å². The van der Waals surface area contributed by atoms with Crippen LogP contribution in [0.1, 0.15) is 13.3 Å². The largest absolute Gasteiger partial charge is 0.481 e. The van der Waals surface area contributed by atoms with Gasteiger partial charge in [-0.2, -0.15) is 0 Å². The number of aliphatic carboxylic acids is 1. The standard InChI is InChI=1S/C8H17NO3/c1-8(12,5-7(10)11)6-9(2,3)4/h12H,5-6H2,1-4H3/p+1/t8-/m1/s1. The lowest BCUT2D eigenvalue weighted by molar-refractivity contribution is -0.876. The summed E-state index contributed by atoms with van der Waals surface area (Å²) < 4.78 is 0.556. The molecule has 1 atom stereocenters. The van der Waals surface area contributed by atoms with Crippen molar-refractivity contribution in [1.82, 2.24) is 0 Å². The van der Waals surface area contributed by atoms with Crippen LogP contribution in [0.25, 0.3) is 0 Å². The second-order valence-corrected chi connectivity index (χ2v) is 4.52. The van der Waals surface area contributed by atoms with E-state index in [0.29, 0.717) is 11.0 Å². The first-order chi connectivity index (χ1) is 5.12. The van der Waals surface area contributed by atoms with Gasteiger partial charge in [0.25, 0.3) is 0 Å². The van der Waals surface area contributed by atoms with E-state index < -0.39 is 11.6 Å². The summed E-state index contributed by atoms with van der Waals surface area (Å²) in [6.07, 6.45) is -0.206. The molecule has 0 aliphatic heterocycles.